The average Bonchev–Trinajstić information content (AvgIpc) is 2.98. The fraction of sp³-hybridized carbons (Fsp3) is 0.417. The lowest BCUT2D eigenvalue weighted by molar-refractivity contribution is 0.578. The van der Waals surface area contributed by atoms with Crippen molar-refractivity contribution >= 4 is 15.8 Å². The van der Waals surface area contributed by atoms with Crippen LogP contribution >= 0.6 is 0 Å². The molecular formula is C12H18N6O2S. The second-order valence-electron chi connectivity index (χ2n) is 4.31. The molecule has 0 radical (unpaired) electrons. The van der Waals surface area contributed by atoms with Gasteiger partial charge in [0.05, 0.1) is 0 Å². The standard InChI is InChI=1S/C12H18N6O2S/c1-2-13-12-10(5-3-7-14-12)21(19,20)17-8-4-6-11-15-9-16-18-11/h3,5,7,9,17H,2,4,6,8H2,1H3,(H,13,14)(H,15,16,18). The van der Waals surface area contributed by atoms with Gasteiger partial charge in [0.25, 0.3) is 0 Å². The predicted octanol–water partition coefficient (Wildman–Crippen LogP) is 0.543. The third-order valence-corrected chi connectivity index (χ3v) is 4.24. The summed E-state index contributed by atoms with van der Waals surface area (Å²) >= 11 is 0. The number of hydrogen-bond acceptors (Lipinski definition) is 6. The van der Waals surface area contributed by atoms with Gasteiger partial charge in [0.2, 0.25) is 10.0 Å². The summed E-state index contributed by atoms with van der Waals surface area (Å²) in [6, 6.07) is 3.13. The molecule has 0 aromatic carbocycles. The van der Waals surface area contributed by atoms with E-state index in [4.69, 9.17) is 0 Å². The molecule has 0 fully saturated rings. The number of aryl methyl sites for hydroxylation is 1. The number of nitrogens with zero attached hydrogens (tertiary/aromatic N) is 3. The summed E-state index contributed by atoms with van der Waals surface area (Å²) in [5, 5.41) is 9.41. The van der Waals surface area contributed by atoms with Gasteiger partial charge in [0.15, 0.2) is 0 Å². The van der Waals surface area contributed by atoms with E-state index in [1.807, 2.05) is 6.92 Å². The molecule has 21 heavy (non-hydrogen) atoms. The molecule has 8 nitrogen and oxygen atoms in total. The van der Waals surface area contributed by atoms with Gasteiger partial charge in [0, 0.05) is 25.7 Å². The Hall–Kier alpha value is -2.00. The number of pyridine rings is 1. The average molecular weight is 310 g/mol. The van der Waals surface area contributed by atoms with E-state index in [-0.39, 0.29) is 4.90 Å². The lowest BCUT2D eigenvalue weighted by Crippen LogP contribution is -2.26. The number of aromatic amines is 1. The molecule has 2 aromatic heterocycles. The van der Waals surface area contributed by atoms with Crippen LogP contribution in [0, 0.1) is 0 Å². The molecule has 0 aliphatic carbocycles. The first-order valence-corrected chi connectivity index (χ1v) is 8.14. The Morgan fingerprint density at radius 3 is 2.90 bits per heavy atom. The topological polar surface area (TPSA) is 113 Å². The molecule has 9 heteroatoms. The number of nitrogens with one attached hydrogen (secondary N) is 3. The minimum atomic E-state index is -3.58. The minimum absolute atomic E-state index is 0.159. The highest BCUT2D eigenvalue weighted by Crippen LogP contribution is 2.17. The molecule has 114 valence electrons. The Morgan fingerprint density at radius 2 is 2.19 bits per heavy atom. The van der Waals surface area contributed by atoms with Crippen LogP contribution in [0.2, 0.25) is 0 Å². The van der Waals surface area contributed by atoms with Crippen molar-refractivity contribution in [1.82, 2.24) is 24.9 Å². The second-order valence-corrected chi connectivity index (χ2v) is 6.05. The van der Waals surface area contributed by atoms with Gasteiger partial charge >= 0.3 is 0 Å². The SMILES string of the molecule is CCNc1ncccc1S(=O)(=O)NCCCc1ncn[nH]1. The highest BCUT2D eigenvalue weighted by atomic mass is 32.2. The van der Waals surface area contributed by atoms with Crippen LogP contribution in [0.1, 0.15) is 19.2 Å². The number of hydrogen-bond donors (Lipinski definition) is 3. The Morgan fingerprint density at radius 1 is 1.33 bits per heavy atom. The molecule has 2 heterocycles. The lowest BCUT2D eigenvalue weighted by atomic mass is 10.3. The minimum Gasteiger partial charge on any atom is -0.369 e. The monoisotopic (exact) mass is 310 g/mol. The van der Waals surface area contributed by atoms with E-state index in [9.17, 15) is 8.42 Å². The third-order valence-electron chi connectivity index (χ3n) is 2.75. The van der Waals surface area contributed by atoms with Crippen LogP contribution in [-0.2, 0) is 16.4 Å². The van der Waals surface area contributed by atoms with E-state index in [2.05, 4.69) is 30.2 Å². The molecule has 0 saturated carbocycles. The van der Waals surface area contributed by atoms with Crippen LogP contribution < -0.4 is 10.0 Å². The van der Waals surface area contributed by atoms with Crippen LogP contribution in [0.4, 0.5) is 5.82 Å². The number of rotatable bonds is 8. The second kappa shape index (κ2) is 7.14. The van der Waals surface area contributed by atoms with Crippen LogP contribution in [0.15, 0.2) is 29.6 Å². The van der Waals surface area contributed by atoms with Gasteiger partial charge in [-0.2, -0.15) is 5.10 Å². The lowest BCUT2D eigenvalue weighted by Gasteiger charge is -2.10. The van der Waals surface area contributed by atoms with E-state index in [0.29, 0.717) is 31.7 Å². The van der Waals surface area contributed by atoms with Crippen molar-refractivity contribution in [2.45, 2.75) is 24.7 Å². The van der Waals surface area contributed by atoms with Gasteiger partial charge in [-0.1, -0.05) is 0 Å². The fourth-order valence-electron chi connectivity index (χ4n) is 1.80. The van der Waals surface area contributed by atoms with Crippen molar-refractivity contribution in [3.05, 3.63) is 30.5 Å². The largest absolute Gasteiger partial charge is 0.369 e. The molecule has 3 N–H and O–H groups in total. The number of aromatic nitrogens is 4. The molecule has 2 rings (SSSR count). The van der Waals surface area contributed by atoms with Crippen molar-refractivity contribution in [3.63, 3.8) is 0 Å². The van der Waals surface area contributed by atoms with E-state index in [1.165, 1.54) is 12.4 Å². The van der Waals surface area contributed by atoms with E-state index in [1.54, 1.807) is 12.3 Å². The van der Waals surface area contributed by atoms with Gasteiger partial charge in [0.1, 0.15) is 22.9 Å². The molecule has 0 amide bonds. The van der Waals surface area contributed by atoms with E-state index in [0.717, 1.165) is 5.82 Å². The Labute approximate surface area is 123 Å². The van der Waals surface area contributed by atoms with Gasteiger partial charge in [-0.25, -0.2) is 23.1 Å². The normalized spacial score (nSPS) is 11.5. The molecule has 0 aliphatic rings. The van der Waals surface area contributed by atoms with Gasteiger partial charge in [-0.3, -0.25) is 5.10 Å². The molecule has 0 bridgehead atoms. The quantitative estimate of drug-likeness (QED) is 0.614. The number of sulfonamides is 1. The van der Waals surface area contributed by atoms with E-state index >= 15 is 0 Å². The first kappa shape index (κ1) is 15.4. The Kier molecular flexibility index (Phi) is 5.23. The van der Waals surface area contributed by atoms with Crippen molar-refractivity contribution in [2.75, 3.05) is 18.4 Å². The Bertz CT molecular complexity index is 656. The molecule has 0 spiro atoms. The summed E-state index contributed by atoms with van der Waals surface area (Å²) in [4.78, 5) is 8.19. The predicted molar refractivity (Wildman–Crippen MR) is 78.3 cm³/mol. The molecule has 0 unspecified atom stereocenters. The first-order chi connectivity index (χ1) is 10.1. The van der Waals surface area contributed by atoms with Gasteiger partial charge in [-0.05, 0) is 25.5 Å². The summed E-state index contributed by atoms with van der Waals surface area (Å²) < 4.78 is 27.1. The van der Waals surface area contributed by atoms with Crippen LogP contribution in [0.3, 0.4) is 0 Å². The zero-order chi connectivity index (χ0) is 15.1. The fourth-order valence-corrected chi connectivity index (χ4v) is 3.00. The van der Waals surface area contributed by atoms with Crippen LogP contribution in [0.5, 0.6) is 0 Å². The summed E-state index contributed by atoms with van der Waals surface area (Å²) in [7, 11) is -3.58. The van der Waals surface area contributed by atoms with E-state index < -0.39 is 10.0 Å². The van der Waals surface area contributed by atoms with Gasteiger partial charge in [-0.15, -0.1) is 0 Å². The highest BCUT2D eigenvalue weighted by molar-refractivity contribution is 7.89. The summed E-state index contributed by atoms with van der Waals surface area (Å²) in [6.45, 7) is 2.81. The van der Waals surface area contributed by atoms with Gasteiger partial charge < -0.3 is 5.32 Å². The summed E-state index contributed by atoms with van der Waals surface area (Å²) in [6.07, 6.45) is 4.25. The van der Waals surface area contributed by atoms with Crippen molar-refractivity contribution < 1.29 is 8.42 Å². The molecule has 0 saturated heterocycles. The maximum absolute atomic E-state index is 12.3. The highest BCUT2D eigenvalue weighted by Gasteiger charge is 2.18. The first-order valence-electron chi connectivity index (χ1n) is 6.66. The summed E-state index contributed by atoms with van der Waals surface area (Å²) in [5.74, 6) is 1.10. The molecule has 0 atom stereocenters. The zero-order valence-electron chi connectivity index (χ0n) is 11.7. The van der Waals surface area contributed by atoms with Crippen molar-refractivity contribution in [2.24, 2.45) is 0 Å². The maximum atomic E-state index is 12.3. The molecule has 0 aliphatic heterocycles. The van der Waals surface area contributed by atoms with Crippen LogP contribution in [-0.4, -0.2) is 41.7 Å². The van der Waals surface area contributed by atoms with Crippen molar-refractivity contribution in [3.8, 4) is 0 Å². The zero-order valence-corrected chi connectivity index (χ0v) is 12.5. The summed E-state index contributed by atoms with van der Waals surface area (Å²) in [5.41, 5.74) is 0. The smallest absolute Gasteiger partial charge is 0.244 e. The number of anilines is 1. The molecule has 2 aromatic rings. The van der Waals surface area contributed by atoms with Crippen LogP contribution in [0.25, 0.3) is 0 Å². The van der Waals surface area contributed by atoms with Crippen molar-refractivity contribution in [1.29, 1.82) is 0 Å². The third kappa shape index (κ3) is 4.23. The molecular weight excluding hydrogens is 292 g/mol. The Balaban J connectivity index is 1.95. The number of H-pyrrole nitrogens is 1. The maximum Gasteiger partial charge on any atom is 0.244 e.